The number of rotatable bonds is 3. The van der Waals surface area contributed by atoms with E-state index in [1.165, 1.54) is 18.2 Å². The third kappa shape index (κ3) is 3.86. The maximum atomic E-state index is 13.8. The quantitative estimate of drug-likeness (QED) is 0.694. The van der Waals surface area contributed by atoms with Gasteiger partial charge in [-0.2, -0.15) is 0 Å². The minimum atomic E-state index is -4.78. The van der Waals surface area contributed by atoms with Gasteiger partial charge in [-0.3, -0.25) is 4.79 Å². The fourth-order valence-corrected chi connectivity index (χ4v) is 6.17. The SMILES string of the molecule is COC1CCC2(CC1)Cc1ccc(-c3cccc(OC(F)(F)F)c3)cc1C21N=C(N)N(C)CC1=O. The van der Waals surface area contributed by atoms with E-state index in [9.17, 15) is 18.0 Å². The normalized spacial score (nSPS) is 28.4. The number of nitrogens with zero attached hydrogens (tertiary/aromatic N) is 2. The number of halogens is 3. The van der Waals surface area contributed by atoms with Crippen molar-refractivity contribution in [1.29, 1.82) is 0 Å². The van der Waals surface area contributed by atoms with Crippen molar-refractivity contribution >= 4 is 11.7 Å². The van der Waals surface area contributed by atoms with Gasteiger partial charge in [0.1, 0.15) is 5.75 Å². The van der Waals surface area contributed by atoms with Crippen LogP contribution in [0.15, 0.2) is 47.5 Å². The lowest BCUT2D eigenvalue weighted by Gasteiger charge is -2.49. The van der Waals surface area contributed by atoms with Gasteiger partial charge in [0.15, 0.2) is 17.3 Å². The van der Waals surface area contributed by atoms with Gasteiger partial charge in [0, 0.05) is 19.6 Å². The number of benzene rings is 2. The van der Waals surface area contributed by atoms with Crippen molar-refractivity contribution in [3.05, 3.63) is 53.6 Å². The first kappa shape index (κ1) is 23.7. The Hall–Kier alpha value is -3.07. The number of carbonyl (C=O) groups excluding carboxylic acids is 1. The molecule has 0 aromatic heterocycles. The maximum absolute atomic E-state index is 13.8. The van der Waals surface area contributed by atoms with Gasteiger partial charge in [-0.15, -0.1) is 13.2 Å². The van der Waals surface area contributed by atoms with Crippen molar-refractivity contribution in [3.8, 4) is 16.9 Å². The lowest BCUT2D eigenvalue weighted by molar-refractivity contribution is -0.274. The van der Waals surface area contributed by atoms with Crippen LogP contribution in [0.3, 0.4) is 0 Å². The molecule has 0 saturated heterocycles. The zero-order valence-electron chi connectivity index (χ0n) is 19.7. The molecule has 0 radical (unpaired) electrons. The molecule has 1 saturated carbocycles. The summed E-state index contributed by atoms with van der Waals surface area (Å²) >= 11 is 0. The van der Waals surface area contributed by atoms with Gasteiger partial charge < -0.3 is 20.1 Å². The fourth-order valence-electron chi connectivity index (χ4n) is 6.17. The molecule has 2 aliphatic carbocycles. The summed E-state index contributed by atoms with van der Waals surface area (Å²) in [6.07, 6.45) is -0.726. The van der Waals surface area contributed by atoms with E-state index in [0.29, 0.717) is 23.5 Å². The van der Waals surface area contributed by atoms with E-state index in [1.54, 1.807) is 25.1 Å². The number of ether oxygens (including phenoxy) is 2. The lowest BCUT2D eigenvalue weighted by Crippen LogP contribution is -2.58. The second kappa shape index (κ2) is 8.26. The summed E-state index contributed by atoms with van der Waals surface area (Å²) in [4.78, 5) is 20.4. The Kier molecular flexibility index (Phi) is 5.58. The van der Waals surface area contributed by atoms with Crippen LogP contribution < -0.4 is 10.5 Å². The summed E-state index contributed by atoms with van der Waals surface area (Å²) in [5.74, 6) is 0.0176. The van der Waals surface area contributed by atoms with Crippen LogP contribution in [-0.2, 0) is 21.5 Å². The standard InChI is InChI=1S/C26H28F3N3O3/c1-32-15-22(33)25(31-23(32)30)21-13-17(16-4-3-5-20(12-16)35-26(27,28)29)6-7-18(21)14-24(25)10-8-19(34-2)9-11-24/h3-7,12-13,19H,8-11,14-15H2,1-2H3,(H2,30,31). The molecule has 1 atom stereocenters. The highest BCUT2D eigenvalue weighted by molar-refractivity contribution is 6.01. The first-order valence-electron chi connectivity index (χ1n) is 11.7. The van der Waals surface area contributed by atoms with E-state index < -0.39 is 17.3 Å². The highest BCUT2D eigenvalue weighted by Crippen LogP contribution is 2.61. The number of nitrogens with two attached hydrogens (primary N) is 1. The second-order valence-corrected chi connectivity index (χ2v) is 9.80. The molecular formula is C26H28F3N3O3. The molecule has 5 rings (SSSR count). The Bertz CT molecular complexity index is 1190. The zero-order chi connectivity index (χ0) is 25.0. The minimum absolute atomic E-state index is 0.00452. The van der Waals surface area contributed by atoms with Crippen LogP contribution in [0, 0.1) is 5.41 Å². The molecule has 1 heterocycles. The zero-order valence-corrected chi connectivity index (χ0v) is 19.7. The molecule has 2 N–H and O–H groups in total. The number of likely N-dealkylation sites (N-methyl/N-ethyl adjacent to an activating group) is 1. The second-order valence-electron chi connectivity index (χ2n) is 9.80. The third-order valence-electron chi connectivity index (χ3n) is 7.88. The van der Waals surface area contributed by atoms with Crippen molar-refractivity contribution in [3.63, 3.8) is 0 Å². The van der Waals surface area contributed by atoms with Crippen LogP contribution in [0.1, 0.15) is 36.8 Å². The van der Waals surface area contributed by atoms with Crippen LogP contribution >= 0.6 is 0 Å². The monoisotopic (exact) mass is 487 g/mol. The number of guanidine groups is 1. The molecule has 0 amide bonds. The summed E-state index contributed by atoms with van der Waals surface area (Å²) in [6.45, 7) is 0.156. The Morgan fingerprint density at radius 2 is 1.83 bits per heavy atom. The smallest absolute Gasteiger partial charge is 0.406 e. The molecule has 1 aliphatic heterocycles. The molecule has 6 nitrogen and oxygen atoms in total. The third-order valence-corrected chi connectivity index (χ3v) is 7.88. The number of alkyl halides is 3. The lowest BCUT2D eigenvalue weighted by atomic mass is 9.59. The summed E-state index contributed by atoms with van der Waals surface area (Å²) in [7, 11) is 3.46. The number of fused-ring (bicyclic) bond motifs is 3. The van der Waals surface area contributed by atoms with E-state index in [2.05, 4.69) is 4.74 Å². The molecule has 2 aromatic rings. The maximum Gasteiger partial charge on any atom is 0.573 e. The van der Waals surface area contributed by atoms with Gasteiger partial charge in [-0.1, -0.05) is 24.3 Å². The van der Waals surface area contributed by atoms with E-state index in [1.807, 2.05) is 18.2 Å². The van der Waals surface area contributed by atoms with Crippen LogP contribution in [0.25, 0.3) is 11.1 Å². The predicted octanol–water partition coefficient (Wildman–Crippen LogP) is 4.41. The number of ketones is 1. The van der Waals surface area contributed by atoms with E-state index in [4.69, 9.17) is 15.5 Å². The topological polar surface area (TPSA) is 77.2 Å². The fraction of sp³-hybridized carbons (Fsp3) is 0.462. The van der Waals surface area contributed by atoms with Gasteiger partial charge in [0.05, 0.1) is 12.6 Å². The molecule has 186 valence electrons. The molecular weight excluding hydrogens is 459 g/mol. The Labute approximate surface area is 201 Å². The van der Waals surface area contributed by atoms with Gasteiger partial charge in [-0.25, -0.2) is 4.99 Å². The van der Waals surface area contributed by atoms with Crippen molar-refractivity contribution in [1.82, 2.24) is 4.90 Å². The Morgan fingerprint density at radius 3 is 2.51 bits per heavy atom. The highest BCUT2D eigenvalue weighted by Gasteiger charge is 2.63. The van der Waals surface area contributed by atoms with E-state index >= 15 is 0 Å². The Morgan fingerprint density at radius 1 is 1.11 bits per heavy atom. The number of Topliss-reactive ketones (excluding diaryl/α,β-unsaturated/α-hetero) is 1. The number of methoxy groups -OCH3 is 1. The average molecular weight is 488 g/mol. The Balaban J connectivity index is 1.62. The van der Waals surface area contributed by atoms with Crippen molar-refractivity contribution in [2.24, 2.45) is 16.1 Å². The summed E-state index contributed by atoms with van der Waals surface area (Å²) in [5.41, 5.74) is 7.86. The molecule has 2 spiro atoms. The van der Waals surface area contributed by atoms with Crippen LogP contribution in [-0.4, -0.2) is 49.8 Å². The molecule has 2 aromatic carbocycles. The largest absolute Gasteiger partial charge is 0.573 e. The van der Waals surface area contributed by atoms with Gasteiger partial charge >= 0.3 is 6.36 Å². The summed E-state index contributed by atoms with van der Waals surface area (Å²) in [6, 6.07) is 11.6. The number of carbonyl (C=O) groups is 1. The van der Waals surface area contributed by atoms with Crippen molar-refractivity contribution < 1.29 is 27.4 Å². The number of aliphatic imine (C=N–C) groups is 1. The number of hydrogen-bond acceptors (Lipinski definition) is 6. The van der Waals surface area contributed by atoms with Crippen LogP contribution in [0.4, 0.5) is 13.2 Å². The van der Waals surface area contributed by atoms with E-state index in [0.717, 1.165) is 36.8 Å². The highest BCUT2D eigenvalue weighted by atomic mass is 19.4. The summed E-state index contributed by atoms with van der Waals surface area (Å²) in [5, 5.41) is 0. The van der Waals surface area contributed by atoms with Gasteiger partial charge in [0.2, 0.25) is 0 Å². The molecule has 0 bridgehead atoms. The first-order valence-corrected chi connectivity index (χ1v) is 11.7. The summed E-state index contributed by atoms with van der Waals surface area (Å²) < 4.78 is 48.0. The van der Waals surface area contributed by atoms with Crippen LogP contribution in [0.2, 0.25) is 0 Å². The predicted molar refractivity (Wildman–Crippen MR) is 125 cm³/mol. The van der Waals surface area contributed by atoms with Crippen LogP contribution in [0.5, 0.6) is 5.75 Å². The van der Waals surface area contributed by atoms with Crippen molar-refractivity contribution in [2.45, 2.75) is 50.1 Å². The molecule has 35 heavy (non-hydrogen) atoms. The molecule has 1 fully saturated rings. The average Bonchev–Trinajstić information content (AvgIpc) is 3.06. The van der Waals surface area contributed by atoms with Crippen molar-refractivity contribution in [2.75, 3.05) is 20.7 Å². The first-order chi connectivity index (χ1) is 16.6. The van der Waals surface area contributed by atoms with Gasteiger partial charge in [-0.05, 0) is 72.6 Å². The van der Waals surface area contributed by atoms with E-state index in [-0.39, 0.29) is 24.2 Å². The minimum Gasteiger partial charge on any atom is -0.406 e. The number of hydrogen-bond donors (Lipinski definition) is 1. The van der Waals surface area contributed by atoms with Gasteiger partial charge in [0.25, 0.3) is 0 Å². The molecule has 9 heteroatoms. The molecule has 3 aliphatic rings. The molecule has 1 unspecified atom stereocenters.